The van der Waals surface area contributed by atoms with Gasteiger partial charge in [-0.2, -0.15) is 0 Å². The van der Waals surface area contributed by atoms with Gasteiger partial charge in [-0.25, -0.2) is 0 Å². The minimum atomic E-state index is -1.79. The molecular formula is C44H77NO13. The molecule has 2 aliphatic heterocycles. The van der Waals surface area contributed by atoms with Crippen molar-refractivity contribution in [3.05, 3.63) is 48.6 Å². The Kier molecular flexibility index (Phi) is 28.5. The van der Waals surface area contributed by atoms with E-state index in [9.17, 15) is 45.6 Å². The highest BCUT2D eigenvalue weighted by Crippen LogP contribution is 2.29. The van der Waals surface area contributed by atoms with Crippen LogP contribution in [-0.4, -0.2) is 140 Å². The van der Waals surface area contributed by atoms with E-state index in [-0.39, 0.29) is 18.9 Å². The zero-order valence-corrected chi connectivity index (χ0v) is 35.0. The summed E-state index contributed by atoms with van der Waals surface area (Å²) in [6.45, 7) is 2.62. The van der Waals surface area contributed by atoms with Crippen molar-refractivity contribution < 1.29 is 64.6 Å². The van der Waals surface area contributed by atoms with Gasteiger partial charge < -0.3 is 65.1 Å². The summed E-state index contributed by atoms with van der Waals surface area (Å²) < 4.78 is 22.5. The second kappa shape index (κ2) is 31.8. The van der Waals surface area contributed by atoms with E-state index in [1.54, 1.807) is 6.08 Å². The monoisotopic (exact) mass is 828 g/mol. The van der Waals surface area contributed by atoms with Crippen LogP contribution in [0.1, 0.15) is 129 Å². The summed E-state index contributed by atoms with van der Waals surface area (Å²) in [4.78, 5) is 13.1. The Hall–Kier alpha value is -2.05. The Bertz CT molecular complexity index is 1160. The SMILES string of the molecule is CCC/C=C\C/C=C\CCCCCCCC(=O)NC(COC1OC(CO)C(OC2OC(CO)C(O)C(O)C2O)C(O)C1O)C(O)/C=C/CC/C=C/CCCCCCC. The van der Waals surface area contributed by atoms with Crippen LogP contribution in [0.2, 0.25) is 0 Å². The number of carbonyl (C=O) groups is 1. The van der Waals surface area contributed by atoms with Crippen LogP contribution in [0.5, 0.6) is 0 Å². The van der Waals surface area contributed by atoms with Crippen molar-refractivity contribution in [1.82, 2.24) is 5.32 Å². The van der Waals surface area contributed by atoms with Crippen molar-refractivity contribution in [3.63, 3.8) is 0 Å². The quantitative estimate of drug-likeness (QED) is 0.0359. The second-order valence-electron chi connectivity index (χ2n) is 15.5. The van der Waals surface area contributed by atoms with Crippen molar-refractivity contribution >= 4 is 5.91 Å². The molecule has 2 aliphatic rings. The lowest BCUT2D eigenvalue weighted by molar-refractivity contribution is -0.359. The summed E-state index contributed by atoms with van der Waals surface area (Å²) in [6.07, 6.45) is 17.4. The van der Waals surface area contributed by atoms with Gasteiger partial charge in [-0.15, -0.1) is 0 Å². The fourth-order valence-corrected chi connectivity index (χ4v) is 6.81. The molecule has 1 amide bonds. The number of amides is 1. The Morgan fingerprint density at radius 1 is 0.621 bits per heavy atom. The van der Waals surface area contributed by atoms with Gasteiger partial charge in [0.25, 0.3) is 0 Å². The number of aliphatic hydroxyl groups is 8. The standard InChI is InChI=1S/C44H77NO13/c1-3-5-7-9-11-13-15-16-18-20-22-24-26-28-36(49)45-32(33(48)27-25-23-21-19-17-14-12-10-8-6-4-2)31-55-43-41(54)39(52)42(35(30-47)57-43)58-44-40(53)38(51)37(50)34(29-46)56-44/h7,9,13,15,17,19,25,27,32-35,37-44,46-48,50-54H,3-6,8,10-12,14,16,18,20-24,26,28-31H2,1-2H3,(H,45,49)/b9-7-,15-13-,19-17+,27-25+. The molecule has 0 aromatic heterocycles. The largest absolute Gasteiger partial charge is 0.394 e. The van der Waals surface area contributed by atoms with E-state index in [0.717, 1.165) is 64.2 Å². The van der Waals surface area contributed by atoms with Gasteiger partial charge in [0, 0.05) is 6.42 Å². The lowest BCUT2D eigenvalue weighted by atomic mass is 9.97. The Morgan fingerprint density at radius 2 is 1.19 bits per heavy atom. The molecule has 0 aromatic carbocycles. The second-order valence-corrected chi connectivity index (χ2v) is 15.5. The van der Waals surface area contributed by atoms with Crippen LogP contribution in [0.3, 0.4) is 0 Å². The van der Waals surface area contributed by atoms with Crippen LogP contribution in [0, 0.1) is 0 Å². The fraction of sp³-hybridized carbons (Fsp3) is 0.795. The number of allylic oxidation sites excluding steroid dienone is 7. The van der Waals surface area contributed by atoms with E-state index in [4.69, 9.17) is 18.9 Å². The van der Waals surface area contributed by atoms with E-state index < -0.39 is 86.8 Å². The average Bonchev–Trinajstić information content (AvgIpc) is 3.22. The van der Waals surface area contributed by atoms with E-state index in [2.05, 4.69) is 55.6 Å². The third kappa shape index (κ3) is 20.0. The van der Waals surface area contributed by atoms with Gasteiger partial charge in [0.2, 0.25) is 5.91 Å². The molecule has 14 heteroatoms. The Balaban J connectivity index is 1.94. The average molecular weight is 828 g/mol. The predicted molar refractivity (Wildman–Crippen MR) is 221 cm³/mol. The molecule has 0 spiro atoms. The van der Waals surface area contributed by atoms with Crippen molar-refractivity contribution in [3.8, 4) is 0 Å². The Morgan fingerprint density at radius 3 is 1.86 bits per heavy atom. The number of ether oxygens (including phenoxy) is 4. The molecule has 0 aliphatic carbocycles. The van der Waals surface area contributed by atoms with Crippen LogP contribution in [0.4, 0.5) is 0 Å². The first-order valence-electron chi connectivity index (χ1n) is 21.9. The normalized spacial score (nSPS) is 29.3. The molecule has 2 fully saturated rings. The lowest BCUT2D eigenvalue weighted by Gasteiger charge is -2.46. The lowest BCUT2D eigenvalue weighted by Crippen LogP contribution is -2.65. The van der Waals surface area contributed by atoms with E-state index in [1.165, 1.54) is 32.1 Å². The smallest absolute Gasteiger partial charge is 0.220 e. The number of aliphatic hydroxyl groups excluding tert-OH is 8. The van der Waals surface area contributed by atoms with Crippen LogP contribution in [0.25, 0.3) is 0 Å². The number of unbranched alkanes of at least 4 members (excludes halogenated alkanes) is 12. The molecule has 9 N–H and O–H groups in total. The van der Waals surface area contributed by atoms with Gasteiger partial charge in [0.05, 0.1) is 32.0 Å². The third-order valence-electron chi connectivity index (χ3n) is 10.5. The molecule has 0 bridgehead atoms. The zero-order chi connectivity index (χ0) is 42.5. The molecule has 2 rings (SSSR count). The summed E-state index contributed by atoms with van der Waals surface area (Å²) in [7, 11) is 0. The highest BCUT2D eigenvalue weighted by atomic mass is 16.7. The molecule has 0 aromatic rings. The van der Waals surface area contributed by atoms with Crippen molar-refractivity contribution in [1.29, 1.82) is 0 Å². The van der Waals surface area contributed by atoms with Crippen molar-refractivity contribution in [2.24, 2.45) is 0 Å². The van der Waals surface area contributed by atoms with Gasteiger partial charge in [0.1, 0.15) is 48.8 Å². The van der Waals surface area contributed by atoms with E-state index >= 15 is 0 Å². The summed E-state index contributed by atoms with van der Waals surface area (Å²) in [5, 5.41) is 86.2. The first kappa shape index (κ1) is 52.1. The number of carbonyl (C=O) groups excluding carboxylic acids is 1. The van der Waals surface area contributed by atoms with E-state index in [0.29, 0.717) is 12.8 Å². The van der Waals surface area contributed by atoms with E-state index in [1.807, 2.05) is 6.08 Å². The number of rotatable bonds is 31. The zero-order valence-electron chi connectivity index (χ0n) is 35.0. The highest BCUT2D eigenvalue weighted by Gasteiger charge is 2.50. The summed E-state index contributed by atoms with van der Waals surface area (Å²) in [5.74, 6) is -0.270. The molecular weight excluding hydrogens is 750 g/mol. The first-order valence-corrected chi connectivity index (χ1v) is 21.9. The molecule has 14 nitrogen and oxygen atoms in total. The molecule has 2 heterocycles. The van der Waals surface area contributed by atoms with Crippen molar-refractivity contribution in [2.45, 2.75) is 203 Å². The van der Waals surface area contributed by atoms with Crippen LogP contribution < -0.4 is 5.32 Å². The summed E-state index contributed by atoms with van der Waals surface area (Å²) in [6, 6.07) is -0.936. The molecule has 58 heavy (non-hydrogen) atoms. The number of hydrogen-bond acceptors (Lipinski definition) is 13. The van der Waals surface area contributed by atoms with Gasteiger partial charge >= 0.3 is 0 Å². The maximum atomic E-state index is 13.1. The maximum Gasteiger partial charge on any atom is 0.220 e. The minimum Gasteiger partial charge on any atom is -0.394 e. The van der Waals surface area contributed by atoms with Crippen molar-refractivity contribution in [2.75, 3.05) is 19.8 Å². The fourth-order valence-electron chi connectivity index (χ4n) is 6.81. The Labute approximate surface area is 346 Å². The van der Waals surface area contributed by atoms with Gasteiger partial charge in [0.15, 0.2) is 12.6 Å². The molecule has 12 unspecified atom stereocenters. The van der Waals surface area contributed by atoms with Gasteiger partial charge in [-0.1, -0.05) is 114 Å². The molecule has 336 valence electrons. The summed E-state index contributed by atoms with van der Waals surface area (Å²) >= 11 is 0. The van der Waals surface area contributed by atoms with Crippen LogP contribution in [-0.2, 0) is 23.7 Å². The van der Waals surface area contributed by atoms with Gasteiger partial charge in [-0.3, -0.25) is 4.79 Å². The topological polar surface area (TPSA) is 228 Å². The highest BCUT2D eigenvalue weighted by molar-refractivity contribution is 5.76. The molecule has 0 radical (unpaired) electrons. The molecule has 0 saturated carbocycles. The number of hydrogen-bond donors (Lipinski definition) is 9. The molecule has 2 saturated heterocycles. The van der Waals surface area contributed by atoms with Crippen LogP contribution in [0.15, 0.2) is 48.6 Å². The third-order valence-corrected chi connectivity index (χ3v) is 10.5. The summed E-state index contributed by atoms with van der Waals surface area (Å²) in [5.41, 5.74) is 0. The number of nitrogens with one attached hydrogen (secondary N) is 1. The first-order chi connectivity index (χ1) is 28.1. The maximum absolute atomic E-state index is 13.1. The van der Waals surface area contributed by atoms with Crippen LogP contribution >= 0.6 is 0 Å². The predicted octanol–water partition coefficient (Wildman–Crippen LogP) is 3.76. The van der Waals surface area contributed by atoms with Gasteiger partial charge in [-0.05, 0) is 57.8 Å². The molecule has 12 atom stereocenters. The minimum absolute atomic E-state index is 0.255.